The van der Waals surface area contributed by atoms with Crippen LogP contribution in [-0.2, 0) is 4.74 Å². The average molecular weight is 278 g/mol. The lowest BCUT2D eigenvalue weighted by Gasteiger charge is -2.39. The summed E-state index contributed by atoms with van der Waals surface area (Å²) in [5.74, 6) is 2.02. The standard InChI is InChI=1S/C16H31BOSi/c1-18-13-7-12-17-15-10-5-8-14(9-6-11-15)16(17)19(2,3)4/h7,13-16H,5-6,8-12H2,1-4H3/b13-7-. The van der Waals surface area contributed by atoms with Crippen molar-refractivity contribution in [3.05, 3.63) is 12.3 Å². The van der Waals surface area contributed by atoms with E-state index in [0.29, 0.717) is 0 Å². The third-order valence-corrected chi connectivity index (χ3v) is 8.41. The fourth-order valence-electron chi connectivity index (χ4n) is 5.00. The SMILES string of the molecule is CO/C=C\CB1C2CCCC(CCC2)C1[Si](C)(C)C. The summed E-state index contributed by atoms with van der Waals surface area (Å²) in [7, 11) is 0.689. The van der Waals surface area contributed by atoms with Crippen molar-refractivity contribution in [1.82, 2.24) is 0 Å². The van der Waals surface area contributed by atoms with E-state index in [9.17, 15) is 0 Å². The molecule has 0 saturated carbocycles. The lowest BCUT2D eigenvalue weighted by molar-refractivity contribution is 0.337. The van der Waals surface area contributed by atoms with Gasteiger partial charge in [0, 0.05) is 8.07 Å². The number of hydrogen-bond donors (Lipinski definition) is 0. The molecule has 2 fully saturated rings. The lowest BCUT2D eigenvalue weighted by Crippen LogP contribution is -2.43. The molecule has 3 heteroatoms. The Bertz CT molecular complexity index is 300. The maximum Gasteiger partial charge on any atom is 0.147 e. The van der Waals surface area contributed by atoms with E-state index in [4.69, 9.17) is 4.74 Å². The molecule has 108 valence electrons. The zero-order valence-corrected chi connectivity index (χ0v) is 14.3. The smallest absolute Gasteiger partial charge is 0.147 e. The molecule has 0 aromatic carbocycles. The van der Waals surface area contributed by atoms with Crippen LogP contribution < -0.4 is 0 Å². The number of methoxy groups -OCH3 is 1. The van der Waals surface area contributed by atoms with Crippen LogP contribution in [0.2, 0.25) is 37.2 Å². The van der Waals surface area contributed by atoms with Gasteiger partial charge in [0.05, 0.1) is 13.4 Å². The van der Waals surface area contributed by atoms with Gasteiger partial charge in [-0.2, -0.15) is 0 Å². The minimum atomic E-state index is -1.07. The third kappa shape index (κ3) is 3.68. The summed E-state index contributed by atoms with van der Waals surface area (Å²) in [5.41, 5.74) is 1.03. The molecular formula is C16H31BOSi. The molecule has 1 unspecified atom stereocenters. The van der Waals surface area contributed by atoms with E-state index in [1.54, 1.807) is 7.11 Å². The van der Waals surface area contributed by atoms with Gasteiger partial charge < -0.3 is 4.74 Å². The lowest BCUT2D eigenvalue weighted by atomic mass is 9.35. The molecule has 0 radical (unpaired) electrons. The van der Waals surface area contributed by atoms with E-state index >= 15 is 0 Å². The van der Waals surface area contributed by atoms with Gasteiger partial charge in [-0.15, -0.1) is 0 Å². The first kappa shape index (κ1) is 15.2. The highest BCUT2D eigenvalue weighted by Gasteiger charge is 2.46. The summed E-state index contributed by atoms with van der Waals surface area (Å²) in [6.07, 6.45) is 14.4. The first-order valence-electron chi connectivity index (χ1n) is 8.22. The van der Waals surface area contributed by atoms with Crippen LogP contribution in [0.25, 0.3) is 0 Å². The summed E-state index contributed by atoms with van der Waals surface area (Å²) in [6.45, 7) is 8.75. The summed E-state index contributed by atoms with van der Waals surface area (Å²) in [6, 6.07) is 0. The molecule has 19 heavy (non-hydrogen) atoms. The second-order valence-corrected chi connectivity index (χ2v) is 13.2. The first-order valence-corrected chi connectivity index (χ1v) is 11.8. The molecule has 0 aromatic rings. The van der Waals surface area contributed by atoms with Crippen LogP contribution in [0.5, 0.6) is 0 Å². The zero-order chi connectivity index (χ0) is 13.9. The Hall–Kier alpha value is -0.178. The topological polar surface area (TPSA) is 9.23 Å². The van der Waals surface area contributed by atoms with Crippen LogP contribution >= 0.6 is 0 Å². The van der Waals surface area contributed by atoms with Gasteiger partial charge in [0.1, 0.15) is 6.71 Å². The van der Waals surface area contributed by atoms with Crippen LogP contribution in [-0.4, -0.2) is 21.9 Å². The van der Waals surface area contributed by atoms with E-state index in [0.717, 1.165) is 23.9 Å². The summed E-state index contributed by atoms with van der Waals surface area (Å²) >= 11 is 0. The van der Waals surface area contributed by atoms with Crippen LogP contribution in [0, 0.1) is 5.92 Å². The highest BCUT2D eigenvalue weighted by atomic mass is 28.3. The van der Waals surface area contributed by atoms with Crippen molar-refractivity contribution in [3.63, 3.8) is 0 Å². The molecule has 0 spiro atoms. The van der Waals surface area contributed by atoms with Crippen LogP contribution in [0.4, 0.5) is 0 Å². The van der Waals surface area contributed by atoms with Crippen molar-refractivity contribution in [1.29, 1.82) is 0 Å². The molecule has 0 aliphatic carbocycles. The third-order valence-electron chi connectivity index (χ3n) is 5.51. The van der Waals surface area contributed by atoms with Gasteiger partial charge in [-0.3, -0.25) is 0 Å². The molecule has 0 N–H and O–H groups in total. The van der Waals surface area contributed by atoms with Gasteiger partial charge in [0.25, 0.3) is 0 Å². The van der Waals surface area contributed by atoms with Crippen LogP contribution in [0.3, 0.4) is 0 Å². The average Bonchev–Trinajstić information content (AvgIpc) is 2.56. The summed E-state index contributed by atoms with van der Waals surface area (Å²) in [4.78, 5) is 0. The second kappa shape index (κ2) is 6.52. The van der Waals surface area contributed by atoms with E-state index in [1.807, 2.05) is 6.26 Å². The fraction of sp³-hybridized carbons (Fsp3) is 0.875. The quantitative estimate of drug-likeness (QED) is 0.504. The minimum absolute atomic E-state index is 0.938. The second-order valence-electron chi connectivity index (χ2n) is 7.78. The number of hydrogen-bond acceptors (Lipinski definition) is 1. The van der Waals surface area contributed by atoms with E-state index in [2.05, 4.69) is 25.7 Å². The van der Waals surface area contributed by atoms with Crippen molar-refractivity contribution in [2.45, 2.75) is 75.7 Å². The predicted octanol–water partition coefficient (Wildman–Crippen LogP) is 5.24. The molecule has 2 saturated heterocycles. The minimum Gasteiger partial charge on any atom is -0.505 e. The van der Waals surface area contributed by atoms with Gasteiger partial charge in [0.2, 0.25) is 0 Å². The Balaban J connectivity index is 2.23. The molecule has 2 aliphatic heterocycles. The normalized spacial score (nSPS) is 32.4. The summed E-state index contributed by atoms with van der Waals surface area (Å²) in [5, 5.41) is 0. The maximum absolute atomic E-state index is 5.13. The first-order chi connectivity index (χ1) is 9.04. The van der Waals surface area contributed by atoms with Gasteiger partial charge in [-0.1, -0.05) is 81.8 Å². The molecule has 1 nitrogen and oxygen atoms in total. The number of rotatable bonds is 4. The molecule has 2 heterocycles. The van der Waals surface area contributed by atoms with Gasteiger partial charge >= 0.3 is 0 Å². The van der Waals surface area contributed by atoms with Gasteiger partial charge in [0.15, 0.2) is 0 Å². The largest absolute Gasteiger partial charge is 0.505 e. The van der Waals surface area contributed by atoms with Crippen molar-refractivity contribution in [2.24, 2.45) is 5.92 Å². The van der Waals surface area contributed by atoms with Crippen LogP contribution in [0.15, 0.2) is 12.3 Å². The van der Waals surface area contributed by atoms with Crippen molar-refractivity contribution in [3.8, 4) is 0 Å². The molecule has 0 amide bonds. The van der Waals surface area contributed by atoms with Gasteiger partial charge in [-0.05, 0) is 5.92 Å². The van der Waals surface area contributed by atoms with E-state index in [-0.39, 0.29) is 0 Å². The molecule has 0 aromatic heterocycles. The highest BCUT2D eigenvalue weighted by molar-refractivity contribution is 6.90. The van der Waals surface area contributed by atoms with E-state index in [1.165, 1.54) is 44.8 Å². The Morgan fingerprint density at radius 1 is 1.11 bits per heavy atom. The van der Waals surface area contributed by atoms with Gasteiger partial charge in [-0.25, -0.2) is 0 Å². The predicted molar refractivity (Wildman–Crippen MR) is 88.7 cm³/mol. The number of fused-ring (bicyclic) bond motifs is 3. The Kier molecular flexibility index (Phi) is 5.22. The molecular weight excluding hydrogens is 247 g/mol. The molecule has 2 rings (SSSR count). The van der Waals surface area contributed by atoms with E-state index < -0.39 is 8.07 Å². The Morgan fingerprint density at radius 2 is 1.74 bits per heavy atom. The maximum atomic E-state index is 5.13. The fourth-order valence-corrected chi connectivity index (χ4v) is 8.44. The van der Waals surface area contributed by atoms with Crippen molar-refractivity contribution in [2.75, 3.05) is 7.11 Å². The molecule has 2 aliphatic rings. The highest BCUT2D eigenvalue weighted by Crippen LogP contribution is 2.51. The number of ether oxygens (including phenoxy) is 1. The monoisotopic (exact) mass is 278 g/mol. The van der Waals surface area contributed by atoms with Crippen LogP contribution in [0.1, 0.15) is 38.5 Å². The number of allylic oxidation sites excluding steroid dienone is 1. The Labute approximate surface area is 121 Å². The summed E-state index contributed by atoms with van der Waals surface area (Å²) < 4.78 is 5.13. The zero-order valence-electron chi connectivity index (χ0n) is 13.3. The van der Waals surface area contributed by atoms with Crippen molar-refractivity contribution >= 4 is 14.8 Å². The van der Waals surface area contributed by atoms with Crippen molar-refractivity contribution < 1.29 is 4.74 Å². The molecule has 2 bridgehead atoms. The Morgan fingerprint density at radius 3 is 2.26 bits per heavy atom. The molecule has 1 atom stereocenters.